The molecule has 2 aliphatic rings. The summed E-state index contributed by atoms with van der Waals surface area (Å²) in [5.41, 5.74) is 1.45. The minimum absolute atomic E-state index is 0.359. The summed E-state index contributed by atoms with van der Waals surface area (Å²) < 4.78 is 28.0. The summed E-state index contributed by atoms with van der Waals surface area (Å²) >= 11 is 0. The Morgan fingerprint density at radius 3 is 1.93 bits per heavy atom. The van der Waals surface area contributed by atoms with Crippen LogP contribution in [0.5, 0.6) is 0 Å². The van der Waals surface area contributed by atoms with Gasteiger partial charge < -0.3 is 5.11 Å². The molecule has 0 heterocycles. The first-order valence-corrected chi connectivity index (χ1v) is 11.2. The third kappa shape index (κ3) is 3.89. The van der Waals surface area contributed by atoms with Crippen LogP contribution >= 0.6 is 0 Å². The van der Waals surface area contributed by atoms with Crippen LogP contribution in [0.3, 0.4) is 0 Å². The van der Waals surface area contributed by atoms with Gasteiger partial charge in [0, 0.05) is 0 Å². The van der Waals surface area contributed by atoms with Crippen LogP contribution in [0.15, 0.2) is 36.4 Å². The summed E-state index contributed by atoms with van der Waals surface area (Å²) in [4.78, 5) is 11.0. The Balaban J connectivity index is 1.45. The number of rotatable bonds is 6. The second-order valence-electron chi connectivity index (χ2n) is 9.24. The molecule has 0 aromatic heterocycles. The smallest absolute Gasteiger partial charge is 0.341 e. The van der Waals surface area contributed by atoms with E-state index in [1.807, 2.05) is 12.1 Å². The number of fused-ring (bicyclic) bond motifs is 1. The Morgan fingerprint density at radius 2 is 1.47 bits per heavy atom. The maximum Gasteiger partial charge on any atom is 0.341 e. The lowest BCUT2D eigenvalue weighted by Crippen LogP contribution is -2.11. The molecule has 2 aliphatic carbocycles. The van der Waals surface area contributed by atoms with Crippen LogP contribution in [0, 0.1) is 35.3 Å². The molecule has 4 heteroatoms. The molecular weight excluding hydrogens is 382 g/mol. The lowest BCUT2D eigenvalue weighted by Gasteiger charge is -2.22. The molecule has 4 rings (SSSR count). The van der Waals surface area contributed by atoms with E-state index in [1.54, 1.807) is 0 Å². The molecule has 2 fully saturated rings. The van der Waals surface area contributed by atoms with E-state index in [1.165, 1.54) is 44.1 Å². The van der Waals surface area contributed by atoms with Crippen molar-refractivity contribution in [1.82, 2.24) is 0 Å². The van der Waals surface area contributed by atoms with Gasteiger partial charge in [0.1, 0.15) is 17.2 Å². The Labute approximate surface area is 177 Å². The predicted molar refractivity (Wildman–Crippen MR) is 115 cm³/mol. The molecule has 2 aromatic rings. The maximum atomic E-state index is 14.0. The monoisotopic (exact) mass is 412 g/mol. The van der Waals surface area contributed by atoms with Gasteiger partial charge in [0.25, 0.3) is 0 Å². The van der Waals surface area contributed by atoms with Gasteiger partial charge in [-0.2, -0.15) is 0 Å². The first kappa shape index (κ1) is 21.0. The van der Waals surface area contributed by atoms with Crippen LogP contribution in [0.4, 0.5) is 8.78 Å². The minimum Gasteiger partial charge on any atom is -0.477 e. The van der Waals surface area contributed by atoms with Crippen molar-refractivity contribution in [3.8, 4) is 11.1 Å². The molecule has 2 nitrogen and oxygen atoms in total. The fraction of sp³-hybridized carbons (Fsp3) is 0.500. The van der Waals surface area contributed by atoms with E-state index in [-0.39, 0.29) is 0 Å². The number of carboxylic acid groups (broad SMARTS) is 1. The van der Waals surface area contributed by atoms with Crippen LogP contribution < -0.4 is 0 Å². The fourth-order valence-electron chi connectivity index (χ4n) is 6.17. The normalized spacial score (nSPS) is 25.6. The van der Waals surface area contributed by atoms with Gasteiger partial charge in [0.2, 0.25) is 0 Å². The number of aromatic carboxylic acids is 1. The number of carbonyl (C=O) groups is 1. The second kappa shape index (κ2) is 8.49. The molecule has 2 unspecified atom stereocenters. The number of hydrogen-bond donors (Lipinski definition) is 1. The first-order valence-electron chi connectivity index (χ1n) is 11.2. The van der Waals surface area contributed by atoms with Crippen LogP contribution in [-0.2, 0) is 0 Å². The first-order chi connectivity index (χ1) is 14.4. The third-order valence-electron chi connectivity index (χ3n) is 7.74. The van der Waals surface area contributed by atoms with Crippen molar-refractivity contribution in [3.63, 3.8) is 0 Å². The van der Waals surface area contributed by atoms with E-state index in [9.17, 15) is 13.6 Å². The number of carboxylic acids is 1. The SMILES string of the molecule is CCC(CC)C1CC2CC(c3ccc(-c4cc(F)c(C(=O)O)c(F)c4)cc3)CC2C1. The molecule has 0 amide bonds. The topological polar surface area (TPSA) is 37.3 Å². The molecule has 30 heavy (non-hydrogen) atoms. The Morgan fingerprint density at radius 1 is 0.933 bits per heavy atom. The van der Waals surface area contributed by atoms with Gasteiger partial charge >= 0.3 is 5.97 Å². The lowest BCUT2D eigenvalue weighted by molar-refractivity contribution is 0.0686. The van der Waals surface area contributed by atoms with Crippen LogP contribution in [0.25, 0.3) is 11.1 Å². The highest BCUT2D eigenvalue weighted by atomic mass is 19.1. The highest BCUT2D eigenvalue weighted by Gasteiger charge is 2.43. The van der Waals surface area contributed by atoms with E-state index < -0.39 is 23.2 Å². The zero-order valence-electron chi connectivity index (χ0n) is 17.7. The Bertz CT molecular complexity index is 880. The van der Waals surface area contributed by atoms with Crippen molar-refractivity contribution in [3.05, 3.63) is 59.2 Å². The van der Waals surface area contributed by atoms with Gasteiger partial charge in [-0.3, -0.25) is 0 Å². The lowest BCUT2D eigenvalue weighted by atomic mass is 9.83. The van der Waals surface area contributed by atoms with E-state index in [0.717, 1.165) is 35.8 Å². The second-order valence-corrected chi connectivity index (χ2v) is 9.24. The average molecular weight is 413 g/mol. The van der Waals surface area contributed by atoms with Crippen molar-refractivity contribution in [2.75, 3.05) is 0 Å². The summed E-state index contributed by atoms with van der Waals surface area (Å²) in [7, 11) is 0. The van der Waals surface area contributed by atoms with Gasteiger partial charge in [0.15, 0.2) is 0 Å². The van der Waals surface area contributed by atoms with Crippen molar-refractivity contribution >= 4 is 5.97 Å². The molecule has 0 saturated heterocycles. The van der Waals surface area contributed by atoms with Crippen LogP contribution in [0.2, 0.25) is 0 Å². The van der Waals surface area contributed by atoms with Crippen LogP contribution in [-0.4, -0.2) is 11.1 Å². The molecule has 2 aromatic carbocycles. The number of hydrogen-bond acceptors (Lipinski definition) is 1. The largest absolute Gasteiger partial charge is 0.477 e. The zero-order valence-corrected chi connectivity index (χ0v) is 17.7. The summed E-state index contributed by atoms with van der Waals surface area (Å²) in [6.45, 7) is 4.64. The van der Waals surface area contributed by atoms with Gasteiger partial charge in [-0.05, 0) is 84.1 Å². The van der Waals surface area contributed by atoms with Crippen LogP contribution in [0.1, 0.15) is 74.2 Å². The Kier molecular flexibility index (Phi) is 5.95. The number of halogens is 2. The highest BCUT2D eigenvalue weighted by Crippen LogP contribution is 2.54. The molecule has 0 radical (unpaired) electrons. The van der Waals surface area contributed by atoms with Crippen molar-refractivity contribution < 1.29 is 18.7 Å². The standard InChI is InChI=1S/C26H30F2O2/c1-3-15(4-2)18-9-20-11-19(12-21(20)10-18)16-5-7-17(8-6-16)22-13-23(27)25(26(29)30)24(28)14-22/h5-8,13-15,18-21H,3-4,9-12H2,1-2H3,(H,29,30). The molecule has 2 atom stereocenters. The summed E-state index contributed by atoms with van der Waals surface area (Å²) in [6, 6.07) is 10.1. The zero-order chi connectivity index (χ0) is 21.4. The average Bonchev–Trinajstić information content (AvgIpc) is 3.27. The summed E-state index contributed by atoms with van der Waals surface area (Å²) in [6.07, 6.45) is 7.83. The molecule has 160 valence electrons. The predicted octanol–water partition coefficient (Wildman–Crippen LogP) is 7.29. The van der Waals surface area contributed by atoms with Crippen molar-refractivity contribution in [2.45, 2.75) is 58.3 Å². The van der Waals surface area contributed by atoms with Crippen molar-refractivity contribution in [2.24, 2.45) is 23.7 Å². The maximum absolute atomic E-state index is 14.0. The molecule has 1 N–H and O–H groups in total. The highest BCUT2D eigenvalue weighted by molar-refractivity contribution is 5.89. The molecule has 0 aliphatic heterocycles. The van der Waals surface area contributed by atoms with Crippen molar-refractivity contribution in [1.29, 1.82) is 0 Å². The molecule has 0 spiro atoms. The van der Waals surface area contributed by atoms with Gasteiger partial charge in [-0.25, -0.2) is 13.6 Å². The van der Waals surface area contributed by atoms with E-state index >= 15 is 0 Å². The van der Waals surface area contributed by atoms with E-state index in [2.05, 4.69) is 26.0 Å². The Hall–Kier alpha value is -2.23. The molecule has 2 saturated carbocycles. The van der Waals surface area contributed by atoms with E-state index in [4.69, 9.17) is 5.11 Å². The quantitative estimate of drug-likeness (QED) is 0.541. The van der Waals surface area contributed by atoms with Gasteiger partial charge in [-0.15, -0.1) is 0 Å². The minimum atomic E-state index is -1.59. The third-order valence-corrected chi connectivity index (χ3v) is 7.74. The molecule has 0 bridgehead atoms. The summed E-state index contributed by atoms with van der Waals surface area (Å²) in [5.74, 6) is 0.344. The summed E-state index contributed by atoms with van der Waals surface area (Å²) in [5, 5.41) is 8.93. The molecular formula is C26H30F2O2. The fourth-order valence-corrected chi connectivity index (χ4v) is 6.17. The van der Waals surface area contributed by atoms with Gasteiger partial charge in [-0.1, -0.05) is 51.0 Å². The number of benzene rings is 2. The van der Waals surface area contributed by atoms with E-state index in [0.29, 0.717) is 17.0 Å². The van der Waals surface area contributed by atoms with Gasteiger partial charge in [0.05, 0.1) is 0 Å².